The van der Waals surface area contributed by atoms with Gasteiger partial charge in [0.15, 0.2) is 5.76 Å². The number of amides is 2. The number of likely N-dealkylation sites (tertiary alicyclic amines) is 1. The molecule has 0 radical (unpaired) electrons. The number of carbonyl (C=O) groups excluding carboxylic acids is 2. The molecule has 1 N–H and O–H groups in total. The molecule has 6 nitrogen and oxygen atoms in total. The summed E-state index contributed by atoms with van der Waals surface area (Å²) < 4.78 is 10.7. The molecule has 0 unspecified atom stereocenters. The van der Waals surface area contributed by atoms with E-state index in [9.17, 15) is 9.59 Å². The number of ether oxygens (including phenoxy) is 1. The van der Waals surface area contributed by atoms with Crippen molar-refractivity contribution in [1.82, 2.24) is 10.2 Å². The summed E-state index contributed by atoms with van der Waals surface area (Å²) in [7, 11) is 0. The number of furan rings is 1. The Morgan fingerprint density at radius 3 is 2.96 bits per heavy atom. The molecule has 3 rings (SSSR count). The second-order valence-electron chi connectivity index (χ2n) is 5.73. The minimum Gasteiger partial charge on any atom is -0.492 e. The summed E-state index contributed by atoms with van der Waals surface area (Å²) >= 11 is 5.89. The van der Waals surface area contributed by atoms with Crippen molar-refractivity contribution in [2.75, 3.05) is 19.7 Å². The fraction of sp³-hybridized carbons (Fsp3) is 0.333. The zero-order chi connectivity index (χ0) is 17.6. The van der Waals surface area contributed by atoms with Crippen LogP contribution in [-0.4, -0.2) is 42.5 Å². The first-order valence-electron chi connectivity index (χ1n) is 8.16. The second kappa shape index (κ2) is 8.07. The van der Waals surface area contributed by atoms with E-state index in [0.29, 0.717) is 36.9 Å². The monoisotopic (exact) mass is 362 g/mol. The van der Waals surface area contributed by atoms with E-state index in [2.05, 4.69) is 5.32 Å². The number of hydrogen-bond acceptors (Lipinski definition) is 4. The molecule has 2 heterocycles. The quantitative estimate of drug-likeness (QED) is 0.802. The van der Waals surface area contributed by atoms with Crippen LogP contribution in [0.1, 0.15) is 23.4 Å². The summed E-state index contributed by atoms with van der Waals surface area (Å²) in [6.45, 7) is 1.23. The Hall–Kier alpha value is -2.47. The maximum atomic E-state index is 12.4. The van der Waals surface area contributed by atoms with Gasteiger partial charge in [-0.2, -0.15) is 0 Å². The molecule has 25 heavy (non-hydrogen) atoms. The van der Waals surface area contributed by atoms with Gasteiger partial charge >= 0.3 is 0 Å². The second-order valence-corrected chi connectivity index (χ2v) is 6.17. The third-order valence-corrected chi connectivity index (χ3v) is 4.25. The third kappa shape index (κ3) is 4.33. The molecule has 0 aliphatic carbocycles. The Morgan fingerprint density at radius 1 is 1.32 bits per heavy atom. The molecule has 1 fully saturated rings. The van der Waals surface area contributed by atoms with E-state index >= 15 is 0 Å². The van der Waals surface area contributed by atoms with E-state index < -0.39 is 6.04 Å². The Morgan fingerprint density at radius 2 is 2.20 bits per heavy atom. The fourth-order valence-electron chi connectivity index (χ4n) is 2.84. The number of halogens is 1. The predicted octanol–water partition coefficient (Wildman–Crippen LogP) is 2.73. The highest BCUT2D eigenvalue weighted by Crippen LogP contribution is 2.20. The van der Waals surface area contributed by atoms with Gasteiger partial charge in [-0.05, 0) is 43.2 Å². The molecule has 132 valence electrons. The fourth-order valence-corrected chi connectivity index (χ4v) is 3.02. The molecular formula is C18H19ClN2O4. The van der Waals surface area contributed by atoms with Crippen molar-refractivity contribution >= 4 is 23.4 Å². The molecule has 1 aromatic carbocycles. The molecule has 1 atom stereocenters. The van der Waals surface area contributed by atoms with E-state index in [1.54, 1.807) is 41.3 Å². The van der Waals surface area contributed by atoms with Gasteiger partial charge in [0.05, 0.1) is 12.8 Å². The maximum absolute atomic E-state index is 12.4. The summed E-state index contributed by atoms with van der Waals surface area (Å²) in [5, 5.41) is 3.42. The zero-order valence-corrected chi connectivity index (χ0v) is 14.4. The van der Waals surface area contributed by atoms with Gasteiger partial charge in [-0.15, -0.1) is 0 Å². The summed E-state index contributed by atoms with van der Waals surface area (Å²) in [6.07, 6.45) is 2.89. The molecule has 1 aromatic heterocycles. The Balaban J connectivity index is 1.48. The van der Waals surface area contributed by atoms with Gasteiger partial charge in [0, 0.05) is 11.6 Å². The molecular weight excluding hydrogens is 344 g/mol. The van der Waals surface area contributed by atoms with Crippen LogP contribution in [-0.2, 0) is 4.79 Å². The van der Waals surface area contributed by atoms with Gasteiger partial charge in [0.2, 0.25) is 5.91 Å². The molecule has 1 aliphatic rings. The van der Waals surface area contributed by atoms with Crippen LogP contribution >= 0.6 is 11.6 Å². The standard InChI is InChI=1S/C18H19ClN2O4/c19-13-4-1-5-14(12-13)24-11-8-20-17(22)15-6-2-9-21(15)18(23)16-7-3-10-25-16/h1,3-5,7,10,12,15H,2,6,8-9,11H2,(H,20,22)/t15-/m1/s1. The SMILES string of the molecule is O=C(NCCOc1cccc(Cl)c1)[C@H]1CCCN1C(=O)c1ccco1. The lowest BCUT2D eigenvalue weighted by molar-refractivity contribution is -0.124. The van der Waals surface area contributed by atoms with Crippen LogP contribution in [0.3, 0.4) is 0 Å². The topological polar surface area (TPSA) is 71.8 Å². The van der Waals surface area contributed by atoms with Crippen molar-refractivity contribution in [2.45, 2.75) is 18.9 Å². The van der Waals surface area contributed by atoms with Crippen LogP contribution < -0.4 is 10.1 Å². The number of hydrogen-bond donors (Lipinski definition) is 1. The Kier molecular flexibility index (Phi) is 5.60. The number of nitrogens with zero attached hydrogens (tertiary/aromatic N) is 1. The van der Waals surface area contributed by atoms with Crippen molar-refractivity contribution in [3.8, 4) is 5.75 Å². The molecule has 0 bridgehead atoms. The summed E-state index contributed by atoms with van der Waals surface area (Å²) in [5.74, 6) is 0.478. The Bertz CT molecular complexity index is 732. The number of benzene rings is 1. The van der Waals surface area contributed by atoms with E-state index in [1.807, 2.05) is 0 Å². The summed E-state index contributed by atoms with van der Waals surface area (Å²) in [6, 6.07) is 9.87. The van der Waals surface area contributed by atoms with Crippen molar-refractivity contribution in [2.24, 2.45) is 0 Å². The van der Waals surface area contributed by atoms with Crippen LogP contribution in [0.4, 0.5) is 0 Å². The van der Waals surface area contributed by atoms with Gasteiger partial charge in [-0.25, -0.2) is 0 Å². The maximum Gasteiger partial charge on any atom is 0.290 e. The van der Waals surface area contributed by atoms with Crippen molar-refractivity contribution in [3.63, 3.8) is 0 Å². The van der Waals surface area contributed by atoms with Crippen molar-refractivity contribution in [3.05, 3.63) is 53.4 Å². The lowest BCUT2D eigenvalue weighted by Gasteiger charge is -2.23. The summed E-state index contributed by atoms with van der Waals surface area (Å²) in [4.78, 5) is 26.3. The number of carbonyl (C=O) groups is 2. The first-order valence-corrected chi connectivity index (χ1v) is 8.53. The highest BCUT2D eigenvalue weighted by Gasteiger charge is 2.35. The molecule has 2 aromatic rings. The van der Waals surface area contributed by atoms with Crippen LogP contribution in [0.15, 0.2) is 47.1 Å². The van der Waals surface area contributed by atoms with Gasteiger partial charge < -0.3 is 19.4 Å². The predicted molar refractivity (Wildman–Crippen MR) is 92.7 cm³/mol. The van der Waals surface area contributed by atoms with Crippen LogP contribution in [0.5, 0.6) is 5.75 Å². The van der Waals surface area contributed by atoms with E-state index in [-0.39, 0.29) is 17.6 Å². The van der Waals surface area contributed by atoms with Crippen LogP contribution in [0.25, 0.3) is 0 Å². The minimum absolute atomic E-state index is 0.174. The van der Waals surface area contributed by atoms with Gasteiger partial charge in [-0.1, -0.05) is 17.7 Å². The van der Waals surface area contributed by atoms with Gasteiger partial charge in [0.1, 0.15) is 18.4 Å². The van der Waals surface area contributed by atoms with E-state index in [0.717, 1.165) is 6.42 Å². The largest absolute Gasteiger partial charge is 0.492 e. The highest BCUT2D eigenvalue weighted by molar-refractivity contribution is 6.30. The average molecular weight is 363 g/mol. The summed E-state index contributed by atoms with van der Waals surface area (Å²) in [5.41, 5.74) is 0. The van der Waals surface area contributed by atoms with E-state index in [1.165, 1.54) is 6.26 Å². The van der Waals surface area contributed by atoms with Gasteiger partial charge in [0.25, 0.3) is 5.91 Å². The van der Waals surface area contributed by atoms with Crippen molar-refractivity contribution < 1.29 is 18.7 Å². The molecule has 0 spiro atoms. The number of rotatable bonds is 6. The molecule has 1 saturated heterocycles. The number of nitrogens with one attached hydrogen (secondary N) is 1. The zero-order valence-electron chi connectivity index (χ0n) is 13.6. The third-order valence-electron chi connectivity index (χ3n) is 4.01. The Labute approximate surface area is 150 Å². The molecule has 0 saturated carbocycles. The van der Waals surface area contributed by atoms with Crippen LogP contribution in [0, 0.1) is 0 Å². The highest BCUT2D eigenvalue weighted by atomic mass is 35.5. The molecule has 7 heteroatoms. The van der Waals surface area contributed by atoms with Gasteiger partial charge in [-0.3, -0.25) is 9.59 Å². The lowest BCUT2D eigenvalue weighted by Crippen LogP contribution is -2.46. The smallest absolute Gasteiger partial charge is 0.290 e. The molecule has 2 amide bonds. The lowest BCUT2D eigenvalue weighted by atomic mass is 10.2. The minimum atomic E-state index is -0.469. The first-order chi connectivity index (χ1) is 12.1. The van der Waals surface area contributed by atoms with Crippen LogP contribution in [0.2, 0.25) is 5.02 Å². The first kappa shape index (κ1) is 17.4. The molecule has 1 aliphatic heterocycles. The average Bonchev–Trinajstić information content (AvgIpc) is 3.29. The van der Waals surface area contributed by atoms with E-state index in [4.69, 9.17) is 20.8 Å². The van der Waals surface area contributed by atoms with Crippen molar-refractivity contribution in [1.29, 1.82) is 0 Å². The normalized spacial score (nSPS) is 16.7.